The summed E-state index contributed by atoms with van der Waals surface area (Å²) >= 11 is 1.35. The summed E-state index contributed by atoms with van der Waals surface area (Å²) in [6, 6.07) is 11.8. The smallest absolute Gasteiger partial charge is 0.234 e. The van der Waals surface area contributed by atoms with Gasteiger partial charge in [0.2, 0.25) is 5.91 Å². The van der Waals surface area contributed by atoms with Gasteiger partial charge >= 0.3 is 0 Å². The van der Waals surface area contributed by atoms with E-state index in [2.05, 4.69) is 25.6 Å². The highest BCUT2D eigenvalue weighted by atomic mass is 32.2. The fourth-order valence-electron chi connectivity index (χ4n) is 3.34. The number of carbonyl (C=O) groups is 1. The second-order valence-corrected chi connectivity index (χ2v) is 8.11. The van der Waals surface area contributed by atoms with Crippen LogP contribution < -0.4 is 5.32 Å². The molecule has 1 amide bonds. The molecule has 4 aromatic rings. The number of benzene rings is 1. The first-order valence-corrected chi connectivity index (χ1v) is 10.8. The predicted octanol–water partition coefficient (Wildman–Crippen LogP) is 3.72. The van der Waals surface area contributed by atoms with Gasteiger partial charge in [0, 0.05) is 25.0 Å². The predicted molar refractivity (Wildman–Crippen MR) is 121 cm³/mol. The highest BCUT2D eigenvalue weighted by molar-refractivity contribution is 7.99. The Bertz CT molecular complexity index is 1230. The van der Waals surface area contributed by atoms with E-state index in [0.717, 1.165) is 33.9 Å². The van der Waals surface area contributed by atoms with Gasteiger partial charge in [-0.05, 0) is 44.5 Å². The van der Waals surface area contributed by atoms with Crippen molar-refractivity contribution in [3.05, 3.63) is 65.7 Å². The van der Waals surface area contributed by atoms with Crippen LogP contribution in [-0.2, 0) is 11.8 Å². The van der Waals surface area contributed by atoms with Crippen LogP contribution in [0.2, 0.25) is 0 Å². The molecule has 31 heavy (non-hydrogen) atoms. The summed E-state index contributed by atoms with van der Waals surface area (Å²) in [4.78, 5) is 16.7. The lowest BCUT2D eigenvalue weighted by molar-refractivity contribution is -0.113. The summed E-state index contributed by atoms with van der Waals surface area (Å²) in [5.74, 6) is 0.793. The zero-order chi connectivity index (χ0) is 22.0. The standard InChI is InChI=1S/C22H23N7OS/c1-14-7-5-6-8-18(14)29-21(17-9-11-23-12-10-17)25-26-22(29)31-13-19(30)24-20-15(2)27-28(4)16(20)3/h5-12H,13H2,1-4H3,(H,24,30). The van der Waals surface area contributed by atoms with Crippen LogP contribution in [0.5, 0.6) is 0 Å². The van der Waals surface area contributed by atoms with Gasteiger partial charge in [0.25, 0.3) is 0 Å². The van der Waals surface area contributed by atoms with Gasteiger partial charge in [0.15, 0.2) is 11.0 Å². The van der Waals surface area contributed by atoms with Crippen molar-refractivity contribution in [1.29, 1.82) is 0 Å². The molecule has 0 aliphatic heterocycles. The third-order valence-electron chi connectivity index (χ3n) is 5.03. The number of nitrogens with one attached hydrogen (secondary N) is 1. The van der Waals surface area contributed by atoms with Gasteiger partial charge in [-0.25, -0.2) is 0 Å². The van der Waals surface area contributed by atoms with Crippen molar-refractivity contribution in [3.63, 3.8) is 0 Å². The van der Waals surface area contributed by atoms with E-state index in [1.165, 1.54) is 11.8 Å². The van der Waals surface area contributed by atoms with Crippen molar-refractivity contribution >= 4 is 23.4 Å². The summed E-state index contributed by atoms with van der Waals surface area (Å²) in [6.45, 7) is 5.85. The topological polar surface area (TPSA) is 90.5 Å². The van der Waals surface area contributed by atoms with E-state index in [0.29, 0.717) is 11.0 Å². The average Bonchev–Trinajstić information content (AvgIpc) is 3.29. The molecule has 0 aliphatic rings. The molecule has 0 radical (unpaired) electrons. The molecular weight excluding hydrogens is 410 g/mol. The Hall–Kier alpha value is -3.46. The summed E-state index contributed by atoms with van der Waals surface area (Å²) < 4.78 is 3.75. The molecular formula is C22H23N7OS. The van der Waals surface area contributed by atoms with Crippen LogP contribution >= 0.6 is 11.8 Å². The molecule has 3 heterocycles. The SMILES string of the molecule is Cc1ccccc1-n1c(SCC(=O)Nc2c(C)nn(C)c2C)nnc1-c1ccncc1. The number of hydrogen-bond acceptors (Lipinski definition) is 6. The molecule has 9 heteroatoms. The Balaban J connectivity index is 1.62. The van der Waals surface area contributed by atoms with Crippen molar-refractivity contribution in [2.24, 2.45) is 7.05 Å². The number of aryl methyl sites for hydroxylation is 3. The van der Waals surface area contributed by atoms with E-state index in [1.54, 1.807) is 17.1 Å². The van der Waals surface area contributed by atoms with Crippen molar-refractivity contribution in [3.8, 4) is 17.1 Å². The normalized spacial score (nSPS) is 11.0. The number of pyridine rings is 1. The zero-order valence-electron chi connectivity index (χ0n) is 17.8. The Morgan fingerprint density at radius 2 is 1.81 bits per heavy atom. The Labute approximate surface area is 184 Å². The van der Waals surface area contributed by atoms with E-state index >= 15 is 0 Å². The van der Waals surface area contributed by atoms with Gasteiger partial charge in [0.1, 0.15) is 0 Å². The third-order valence-corrected chi connectivity index (χ3v) is 5.96. The van der Waals surface area contributed by atoms with Crippen LogP contribution in [0.25, 0.3) is 17.1 Å². The molecule has 1 N–H and O–H groups in total. The van der Waals surface area contributed by atoms with E-state index in [9.17, 15) is 4.79 Å². The summed E-state index contributed by atoms with van der Waals surface area (Å²) in [6.07, 6.45) is 3.45. The summed E-state index contributed by atoms with van der Waals surface area (Å²) in [7, 11) is 1.86. The highest BCUT2D eigenvalue weighted by Crippen LogP contribution is 2.29. The van der Waals surface area contributed by atoms with Gasteiger partial charge in [0.05, 0.1) is 28.5 Å². The lowest BCUT2D eigenvalue weighted by Crippen LogP contribution is -2.15. The largest absolute Gasteiger partial charge is 0.322 e. The molecule has 0 atom stereocenters. The van der Waals surface area contributed by atoms with Gasteiger partial charge in [-0.15, -0.1) is 10.2 Å². The van der Waals surface area contributed by atoms with Gasteiger partial charge in [-0.2, -0.15) is 5.10 Å². The van der Waals surface area contributed by atoms with Crippen LogP contribution in [-0.4, -0.2) is 41.2 Å². The molecule has 0 fully saturated rings. The van der Waals surface area contributed by atoms with Crippen molar-refractivity contribution < 1.29 is 4.79 Å². The summed E-state index contributed by atoms with van der Waals surface area (Å²) in [5, 5.41) is 16.8. The first-order chi connectivity index (χ1) is 15.0. The number of amides is 1. The molecule has 0 spiro atoms. The van der Waals surface area contributed by atoms with E-state index in [1.807, 2.05) is 68.8 Å². The fourth-order valence-corrected chi connectivity index (χ4v) is 4.09. The van der Waals surface area contributed by atoms with Crippen LogP contribution in [0.1, 0.15) is 17.0 Å². The van der Waals surface area contributed by atoms with Crippen LogP contribution in [0, 0.1) is 20.8 Å². The monoisotopic (exact) mass is 433 g/mol. The zero-order valence-corrected chi connectivity index (χ0v) is 18.6. The Kier molecular flexibility index (Phi) is 5.85. The number of aromatic nitrogens is 6. The van der Waals surface area contributed by atoms with Crippen LogP contribution in [0.15, 0.2) is 53.9 Å². The Morgan fingerprint density at radius 1 is 1.06 bits per heavy atom. The van der Waals surface area contributed by atoms with Gasteiger partial charge in [-0.1, -0.05) is 30.0 Å². The van der Waals surface area contributed by atoms with E-state index in [4.69, 9.17) is 0 Å². The van der Waals surface area contributed by atoms with Crippen LogP contribution in [0.4, 0.5) is 5.69 Å². The molecule has 0 saturated heterocycles. The van der Waals surface area contributed by atoms with Crippen molar-refractivity contribution in [2.45, 2.75) is 25.9 Å². The minimum atomic E-state index is -0.117. The number of thioether (sulfide) groups is 1. The number of carbonyl (C=O) groups excluding carboxylic acids is 1. The molecule has 158 valence electrons. The first kappa shape index (κ1) is 20.8. The fraction of sp³-hybridized carbons (Fsp3) is 0.227. The summed E-state index contributed by atoms with van der Waals surface area (Å²) in [5.41, 5.74) is 5.43. The number of rotatable bonds is 6. The molecule has 0 unspecified atom stereocenters. The lowest BCUT2D eigenvalue weighted by Gasteiger charge is -2.13. The first-order valence-electron chi connectivity index (χ1n) is 9.80. The van der Waals surface area contributed by atoms with Gasteiger partial charge < -0.3 is 5.32 Å². The van der Waals surface area contributed by atoms with E-state index in [-0.39, 0.29) is 11.7 Å². The molecule has 0 saturated carbocycles. The lowest BCUT2D eigenvalue weighted by atomic mass is 10.2. The van der Waals surface area contributed by atoms with Crippen LogP contribution in [0.3, 0.4) is 0 Å². The minimum absolute atomic E-state index is 0.117. The highest BCUT2D eigenvalue weighted by Gasteiger charge is 2.19. The quantitative estimate of drug-likeness (QED) is 0.466. The second kappa shape index (κ2) is 8.73. The number of para-hydroxylation sites is 1. The number of nitrogens with zero attached hydrogens (tertiary/aromatic N) is 6. The maximum atomic E-state index is 12.7. The molecule has 0 aliphatic carbocycles. The molecule has 8 nitrogen and oxygen atoms in total. The average molecular weight is 434 g/mol. The number of anilines is 1. The molecule has 4 rings (SSSR count). The van der Waals surface area contributed by atoms with Crippen molar-refractivity contribution in [1.82, 2.24) is 29.5 Å². The second-order valence-electron chi connectivity index (χ2n) is 7.17. The van der Waals surface area contributed by atoms with E-state index < -0.39 is 0 Å². The molecule has 0 bridgehead atoms. The third kappa shape index (κ3) is 4.22. The number of hydrogen-bond donors (Lipinski definition) is 1. The Morgan fingerprint density at radius 3 is 2.48 bits per heavy atom. The maximum Gasteiger partial charge on any atom is 0.234 e. The van der Waals surface area contributed by atoms with Crippen molar-refractivity contribution in [2.75, 3.05) is 11.1 Å². The maximum absolute atomic E-state index is 12.7. The molecule has 3 aromatic heterocycles. The minimum Gasteiger partial charge on any atom is -0.322 e. The van der Waals surface area contributed by atoms with Gasteiger partial charge in [-0.3, -0.25) is 19.0 Å². The molecule has 1 aromatic carbocycles.